The van der Waals surface area contributed by atoms with Crippen molar-refractivity contribution in [3.8, 4) is 17.1 Å². The van der Waals surface area contributed by atoms with Crippen LogP contribution < -0.4 is 4.74 Å². The summed E-state index contributed by atoms with van der Waals surface area (Å²) in [5.41, 5.74) is 1.51. The molecule has 2 aromatic heterocycles. The minimum atomic E-state index is -0.342. The average molecular weight is 358 g/mol. The Bertz CT molecular complexity index is 879. The van der Waals surface area contributed by atoms with Crippen LogP contribution in [0.1, 0.15) is 13.8 Å². The number of carbonyl (C=O) groups is 1. The average Bonchev–Trinajstić information content (AvgIpc) is 3.05. The number of hydrogen-bond acceptors (Lipinski definition) is 7. The highest BCUT2D eigenvalue weighted by Crippen LogP contribution is 2.25. The highest BCUT2D eigenvalue weighted by atomic mass is 32.2. The van der Waals surface area contributed by atoms with Gasteiger partial charge < -0.3 is 9.47 Å². The molecule has 1 atom stereocenters. The van der Waals surface area contributed by atoms with Crippen LogP contribution in [0, 0.1) is 0 Å². The summed E-state index contributed by atoms with van der Waals surface area (Å²) in [5, 5.41) is 13.3. The van der Waals surface area contributed by atoms with Crippen molar-refractivity contribution in [2.45, 2.75) is 24.1 Å². The minimum Gasteiger partial charge on any atom is -0.497 e. The van der Waals surface area contributed by atoms with Crippen molar-refractivity contribution < 1.29 is 14.3 Å². The van der Waals surface area contributed by atoms with Crippen molar-refractivity contribution >= 4 is 23.4 Å². The highest BCUT2D eigenvalue weighted by Gasteiger charge is 2.17. The highest BCUT2D eigenvalue weighted by molar-refractivity contribution is 8.00. The van der Waals surface area contributed by atoms with Crippen LogP contribution in [0.4, 0.5) is 0 Å². The molecule has 0 saturated heterocycles. The van der Waals surface area contributed by atoms with Crippen molar-refractivity contribution in [1.82, 2.24) is 19.8 Å². The molecular weight excluding hydrogens is 340 g/mol. The van der Waals surface area contributed by atoms with Gasteiger partial charge in [0.25, 0.3) is 0 Å². The molecule has 0 aliphatic carbocycles. The predicted molar refractivity (Wildman–Crippen MR) is 94.7 cm³/mol. The lowest BCUT2D eigenvalue weighted by Gasteiger charge is -2.09. The SMILES string of the molecule is CCOC(=O)[C@@H](C)Sc1ccc2nnc(-c3ccc(OC)cc3)n2n1. The summed E-state index contributed by atoms with van der Waals surface area (Å²) < 4.78 is 11.9. The van der Waals surface area contributed by atoms with E-state index in [-0.39, 0.29) is 11.2 Å². The maximum Gasteiger partial charge on any atom is 0.319 e. The van der Waals surface area contributed by atoms with Crippen molar-refractivity contribution in [3.63, 3.8) is 0 Å². The molecule has 0 aliphatic heterocycles. The Labute approximate surface area is 149 Å². The molecule has 130 valence electrons. The number of hydrogen-bond donors (Lipinski definition) is 0. The third kappa shape index (κ3) is 3.74. The molecule has 0 bridgehead atoms. The zero-order chi connectivity index (χ0) is 17.8. The number of thioether (sulfide) groups is 1. The van der Waals surface area contributed by atoms with Gasteiger partial charge in [-0.05, 0) is 50.2 Å². The number of nitrogens with zero attached hydrogens (tertiary/aromatic N) is 4. The summed E-state index contributed by atoms with van der Waals surface area (Å²) >= 11 is 1.34. The quantitative estimate of drug-likeness (QED) is 0.495. The standard InChI is InChI=1S/C17H18N4O3S/c1-4-24-17(22)11(2)25-15-10-9-14-18-19-16(21(14)20-15)12-5-7-13(23-3)8-6-12/h5-11H,4H2,1-3H3/t11-/m1/s1. The van der Waals surface area contributed by atoms with Gasteiger partial charge in [0.05, 0.1) is 13.7 Å². The third-order valence-corrected chi connectivity index (χ3v) is 4.51. The van der Waals surface area contributed by atoms with E-state index in [1.165, 1.54) is 11.8 Å². The van der Waals surface area contributed by atoms with Gasteiger partial charge in [0, 0.05) is 5.56 Å². The lowest BCUT2D eigenvalue weighted by Crippen LogP contribution is -2.17. The van der Waals surface area contributed by atoms with Crippen molar-refractivity contribution in [1.29, 1.82) is 0 Å². The molecule has 0 N–H and O–H groups in total. The van der Waals surface area contributed by atoms with Gasteiger partial charge in [-0.1, -0.05) is 11.8 Å². The van der Waals surface area contributed by atoms with E-state index in [0.29, 0.717) is 23.1 Å². The summed E-state index contributed by atoms with van der Waals surface area (Å²) in [7, 11) is 1.62. The van der Waals surface area contributed by atoms with E-state index in [1.807, 2.05) is 36.4 Å². The Morgan fingerprint density at radius 2 is 1.96 bits per heavy atom. The Kier molecular flexibility index (Phi) is 5.18. The number of benzene rings is 1. The molecule has 3 rings (SSSR count). The van der Waals surface area contributed by atoms with Gasteiger partial charge in [0.1, 0.15) is 16.0 Å². The maximum absolute atomic E-state index is 11.8. The smallest absolute Gasteiger partial charge is 0.319 e. The van der Waals surface area contributed by atoms with Crippen LogP contribution in [0.5, 0.6) is 5.75 Å². The molecule has 0 spiro atoms. The first-order chi connectivity index (χ1) is 12.1. The van der Waals surface area contributed by atoms with E-state index in [9.17, 15) is 4.79 Å². The molecule has 0 radical (unpaired) electrons. The molecule has 0 amide bonds. The van der Waals surface area contributed by atoms with Crippen LogP contribution in [0.3, 0.4) is 0 Å². The zero-order valence-electron chi connectivity index (χ0n) is 14.2. The molecule has 1 aromatic carbocycles. The second kappa shape index (κ2) is 7.52. The summed E-state index contributed by atoms with van der Waals surface area (Å²) in [6.07, 6.45) is 0. The zero-order valence-corrected chi connectivity index (χ0v) is 15.0. The predicted octanol–water partition coefficient (Wildman–Crippen LogP) is 2.84. The largest absolute Gasteiger partial charge is 0.497 e. The van der Waals surface area contributed by atoms with Gasteiger partial charge in [-0.3, -0.25) is 4.79 Å². The van der Waals surface area contributed by atoms with Crippen LogP contribution in [0.15, 0.2) is 41.4 Å². The Morgan fingerprint density at radius 3 is 2.64 bits per heavy atom. The van der Waals surface area contributed by atoms with E-state index in [0.717, 1.165) is 11.3 Å². The fourth-order valence-electron chi connectivity index (χ4n) is 2.24. The van der Waals surface area contributed by atoms with Crippen LogP contribution >= 0.6 is 11.8 Å². The van der Waals surface area contributed by atoms with Gasteiger partial charge in [-0.15, -0.1) is 10.2 Å². The molecule has 0 aliphatic rings. The molecule has 0 saturated carbocycles. The number of esters is 1. The first-order valence-electron chi connectivity index (χ1n) is 7.82. The lowest BCUT2D eigenvalue weighted by atomic mass is 10.2. The van der Waals surface area contributed by atoms with Gasteiger partial charge in [0.2, 0.25) is 0 Å². The first-order valence-corrected chi connectivity index (χ1v) is 8.70. The Morgan fingerprint density at radius 1 is 1.20 bits per heavy atom. The van der Waals surface area contributed by atoms with E-state index < -0.39 is 0 Å². The first kappa shape index (κ1) is 17.2. The van der Waals surface area contributed by atoms with Gasteiger partial charge in [-0.25, -0.2) is 0 Å². The number of carbonyl (C=O) groups excluding carboxylic acids is 1. The van der Waals surface area contributed by atoms with Crippen LogP contribution in [0.25, 0.3) is 17.0 Å². The third-order valence-electron chi connectivity index (χ3n) is 3.50. The fourth-order valence-corrected chi connectivity index (χ4v) is 3.05. The number of methoxy groups -OCH3 is 1. The Hall–Kier alpha value is -2.61. The molecule has 2 heterocycles. The molecular formula is C17H18N4O3S. The van der Waals surface area contributed by atoms with E-state index >= 15 is 0 Å². The number of aromatic nitrogens is 4. The molecule has 7 nitrogen and oxygen atoms in total. The molecule has 0 fully saturated rings. The van der Waals surface area contributed by atoms with Gasteiger partial charge in [-0.2, -0.15) is 9.61 Å². The second-order valence-corrected chi connectivity index (χ2v) is 6.57. The summed E-state index contributed by atoms with van der Waals surface area (Å²) in [6, 6.07) is 11.2. The molecule has 0 unspecified atom stereocenters. The van der Waals surface area contributed by atoms with Crippen molar-refractivity contribution in [3.05, 3.63) is 36.4 Å². The number of fused-ring (bicyclic) bond motifs is 1. The molecule has 8 heteroatoms. The van der Waals surface area contributed by atoms with E-state index in [1.54, 1.807) is 25.5 Å². The van der Waals surface area contributed by atoms with E-state index in [2.05, 4.69) is 15.3 Å². The van der Waals surface area contributed by atoms with Crippen LogP contribution in [-0.2, 0) is 9.53 Å². The monoisotopic (exact) mass is 358 g/mol. The topological polar surface area (TPSA) is 78.6 Å². The van der Waals surface area contributed by atoms with Gasteiger partial charge in [0.15, 0.2) is 11.5 Å². The number of ether oxygens (including phenoxy) is 2. The summed E-state index contributed by atoms with van der Waals surface area (Å²) in [6.45, 7) is 3.95. The van der Waals surface area contributed by atoms with Crippen molar-refractivity contribution in [2.75, 3.05) is 13.7 Å². The minimum absolute atomic E-state index is 0.256. The Balaban J connectivity index is 1.90. The lowest BCUT2D eigenvalue weighted by molar-refractivity contribution is -0.142. The number of rotatable bonds is 6. The van der Waals surface area contributed by atoms with Crippen LogP contribution in [0.2, 0.25) is 0 Å². The van der Waals surface area contributed by atoms with Crippen molar-refractivity contribution in [2.24, 2.45) is 0 Å². The fraction of sp³-hybridized carbons (Fsp3) is 0.294. The normalized spacial score (nSPS) is 12.1. The van der Waals surface area contributed by atoms with E-state index in [4.69, 9.17) is 9.47 Å². The van der Waals surface area contributed by atoms with Crippen LogP contribution in [-0.4, -0.2) is 44.7 Å². The van der Waals surface area contributed by atoms with Gasteiger partial charge >= 0.3 is 5.97 Å². The second-order valence-electron chi connectivity index (χ2n) is 5.21. The maximum atomic E-state index is 11.8. The summed E-state index contributed by atoms with van der Waals surface area (Å²) in [4.78, 5) is 11.8. The molecule has 3 aromatic rings. The molecule has 25 heavy (non-hydrogen) atoms. The summed E-state index contributed by atoms with van der Waals surface area (Å²) in [5.74, 6) is 1.14.